The highest BCUT2D eigenvalue weighted by atomic mass is 16.5. The second kappa shape index (κ2) is 9.45. The monoisotopic (exact) mass is 422 g/mol. The van der Waals surface area contributed by atoms with E-state index in [4.69, 9.17) is 9.72 Å². The maximum absolute atomic E-state index is 13.0. The molecule has 1 saturated carbocycles. The second-order valence-electron chi connectivity index (χ2n) is 8.39. The first kappa shape index (κ1) is 21.3. The van der Waals surface area contributed by atoms with Gasteiger partial charge in [0.2, 0.25) is 17.7 Å². The van der Waals surface area contributed by atoms with Gasteiger partial charge in [0.1, 0.15) is 0 Å². The van der Waals surface area contributed by atoms with Crippen LogP contribution in [0.15, 0.2) is 30.3 Å². The largest absolute Gasteiger partial charge is 0.478 e. The van der Waals surface area contributed by atoms with E-state index in [1.165, 1.54) is 0 Å². The third-order valence-electron chi connectivity index (χ3n) is 5.89. The summed E-state index contributed by atoms with van der Waals surface area (Å²) in [4.78, 5) is 36.2. The van der Waals surface area contributed by atoms with Crippen LogP contribution in [0, 0.1) is 5.92 Å². The average molecular weight is 423 g/mol. The minimum Gasteiger partial charge on any atom is -0.478 e. The summed E-state index contributed by atoms with van der Waals surface area (Å²) < 4.78 is 5.86. The van der Waals surface area contributed by atoms with Crippen LogP contribution in [0.25, 0.3) is 11.4 Å². The van der Waals surface area contributed by atoms with Crippen molar-refractivity contribution >= 4 is 11.8 Å². The molecule has 1 aromatic heterocycles. The van der Waals surface area contributed by atoms with Gasteiger partial charge in [-0.3, -0.25) is 9.59 Å². The van der Waals surface area contributed by atoms with E-state index < -0.39 is 0 Å². The van der Waals surface area contributed by atoms with Gasteiger partial charge in [-0.1, -0.05) is 30.3 Å². The Kier molecular flexibility index (Phi) is 6.49. The predicted octanol–water partition coefficient (Wildman–Crippen LogP) is 2.77. The molecule has 4 rings (SSSR count). The fourth-order valence-corrected chi connectivity index (χ4v) is 4.06. The normalized spacial score (nSPS) is 17.9. The van der Waals surface area contributed by atoms with Crippen LogP contribution in [0.1, 0.15) is 43.9 Å². The van der Waals surface area contributed by atoms with Crippen molar-refractivity contribution in [2.24, 2.45) is 5.92 Å². The summed E-state index contributed by atoms with van der Waals surface area (Å²) in [6.07, 6.45) is 4.87. The Bertz CT molecular complexity index is 943. The van der Waals surface area contributed by atoms with Crippen molar-refractivity contribution in [3.8, 4) is 17.3 Å². The standard InChI is InChI=1S/C24H30N4O3/c1-3-31-23-19-13-9-17(24(30)28(2)15-21(29)25-18-11-12-18)10-14-20(19)26-22(27-23)16-7-5-4-6-8-16/h4-8,17-18H,3,9-15H2,1-2H3,(H,25,29). The molecule has 31 heavy (non-hydrogen) atoms. The van der Waals surface area contributed by atoms with Crippen LogP contribution < -0.4 is 10.1 Å². The first-order valence-electron chi connectivity index (χ1n) is 11.2. The summed E-state index contributed by atoms with van der Waals surface area (Å²) in [5.74, 6) is 1.08. The smallest absolute Gasteiger partial charge is 0.239 e. The Morgan fingerprint density at radius 1 is 1.10 bits per heavy atom. The number of aromatic nitrogens is 2. The zero-order valence-corrected chi connectivity index (χ0v) is 18.3. The molecule has 0 spiro atoms. The molecule has 7 heteroatoms. The molecule has 0 radical (unpaired) electrons. The summed E-state index contributed by atoms with van der Waals surface area (Å²) in [7, 11) is 1.71. The lowest BCUT2D eigenvalue weighted by atomic mass is 9.98. The van der Waals surface area contributed by atoms with Gasteiger partial charge < -0.3 is 15.0 Å². The van der Waals surface area contributed by atoms with Crippen LogP contribution in [-0.4, -0.2) is 52.9 Å². The molecular weight excluding hydrogens is 392 g/mol. The van der Waals surface area contributed by atoms with E-state index in [2.05, 4.69) is 10.3 Å². The Hall–Kier alpha value is -2.96. The van der Waals surface area contributed by atoms with Gasteiger partial charge in [-0.25, -0.2) is 4.98 Å². The number of rotatable bonds is 7. The molecule has 0 bridgehead atoms. The van der Waals surface area contributed by atoms with E-state index in [0.717, 1.165) is 29.7 Å². The molecule has 0 saturated heterocycles. The fraction of sp³-hybridized carbons (Fsp3) is 0.500. The van der Waals surface area contributed by atoms with Crippen molar-refractivity contribution in [2.75, 3.05) is 20.2 Å². The zero-order valence-electron chi connectivity index (χ0n) is 18.3. The lowest BCUT2D eigenvalue weighted by Gasteiger charge is -2.22. The molecule has 1 aromatic carbocycles. The lowest BCUT2D eigenvalue weighted by Crippen LogP contribution is -2.41. The highest BCUT2D eigenvalue weighted by Gasteiger charge is 2.30. The first-order chi connectivity index (χ1) is 15.0. The number of amides is 2. The first-order valence-corrected chi connectivity index (χ1v) is 11.2. The predicted molar refractivity (Wildman–Crippen MR) is 118 cm³/mol. The van der Waals surface area contributed by atoms with Crippen molar-refractivity contribution in [3.05, 3.63) is 41.6 Å². The number of carbonyl (C=O) groups is 2. The molecule has 1 N–H and O–H groups in total. The molecule has 164 valence electrons. The van der Waals surface area contributed by atoms with Crippen LogP contribution in [-0.2, 0) is 22.4 Å². The van der Waals surface area contributed by atoms with E-state index in [1.54, 1.807) is 11.9 Å². The highest BCUT2D eigenvalue weighted by Crippen LogP contribution is 2.32. The summed E-state index contributed by atoms with van der Waals surface area (Å²) in [5, 5.41) is 2.94. The number of nitrogens with zero attached hydrogens (tertiary/aromatic N) is 3. The maximum Gasteiger partial charge on any atom is 0.239 e. The van der Waals surface area contributed by atoms with Crippen LogP contribution in [0.3, 0.4) is 0 Å². The molecule has 0 aliphatic heterocycles. The minimum absolute atomic E-state index is 0.0213. The Balaban J connectivity index is 1.48. The minimum atomic E-state index is -0.137. The fourth-order valence-electron chi connectivity index (χ4n) is 4.06. The van der Waals surface area contributed by atoms with Gasteiger partial charge in [0.05, 0.1) is 18.8 Å². The SMILES string of the molecule is CCOc1nc(-c2ccccc2)nc2c1CCC(C(=O)N(C)CC(=O)NC1CC1)CC2. The number of likely N-dealkylation sites (N-methyl/N-ethyl adjacent to an activating group) is 1. The maximum atomic E-state index is 13.0. The molecule has 1 heterocycles. The van der Waals surface area contributed by atoms with Crippen molar-refractivity contribution < 1.29 is 14.3 Å². The van der Waals surface area contributed by atoms with Crippen molar-refractivity contribution in [1.29, 1.82) is 0 Å². The van der Waals surface area contributed by atoms with Crippen LogP contribution in [0.5, 0.6) is 5.88 Å². The van der Waals surface area contributed by atoms with Crippen molar-refractivity contribution in [3.63, 3.8) is 0 Å². The molecule has 2 amide bonds. The van der Waals surface area contributed by atoms with E-state index in [-0.39, 0.29) is 24.3 Å². The Labute approximate surface area is 183 Å². The molecule has 2 aliphatic carbocycles. The van der Waals surface area contributed by atoms with Gasteiger partial charge in [0.15, 0.2) is 5.82 Å². The van der Waals surface area contributed by atoms with Gasteiger partial charge in [-0.05, 0) is 45.4 Å². The molecule has 2 aliphatic rings. The molecular formula is C24H30N4O3. The second-order valence-corrected chi connectivity index (χ2v) is 8.39. The third kappa shape index (κ3) is 5.21. The molecule has 7 nitrogen and oxygen atoms in total. The lowest BCUT2D eigenvalue weighted by molar-refractivity contribution is -0.138. The number of hydrogen-bond acceptors (Lipinski definition) is 5. The number of aryl methyl sites for hydroxylation is 1. The van der Waals surface area contributed by atoms with E-state index >= 15 is 0 Å². The Morgan fingerprint density at radius 3 is 2.55 bits per heavy atom. The summed E-state index contributed by atoms with van der Waals surface area (Å²) >= 11 is 0. The quantitative estimate of drug-likeness (QED) is 0.694. The van der Waals surface area contributed by atoms with E-state index in [9.17, 15) is 9.59 Å². The van der Waals surface area contributed by atoms with Gasteiger partial charge >= 0.3 is 0 Å². The third-order valence-corrected chi connectivity index (χ3v) is 5.89. The number of hydrogen-bond donors (Lipinski definition) is 1. The molecule has 1 atom stereocenters. The summed E-state index contributed by atoms with van der Waals surface area (Å²) in [5.41, 5.74) is 2.91. The van der Waals surface area contributed by atoms with Crippen molar-refractivity contribution in [1.82, 2.24) is 20.2 Å². The van der Waals surface area contributed by atoms with Gasteiger partial charge in [-0.15, -0.1) is 0 Å². The van der Waals surface area contributed by atoms with Gasteiger partial charge in [0.25, 0.3) is 0 Å². The van der Waals surface area contributed by atoms with Gasteiger partial charge in [-0.2, -0.15) is 4.98 Å². The van der Waals surface area contributed by atoms with E-state index in [1.807, 2.05) is 37.3 Å². The topological polar surface area (TPSA) is 84.4 Å². The summed E-state index contributed by atoms with van der Waals surface area (Å²) in [6, 6.07) is 10.2. The van der Waals surface area contributed by atoms with Crippen LogP contribution in [0.2, 0.25) is 0 Å². The number of nitrogens with one attached hydrogen (secondary N) is 1. The summed E-state index contributed by atoms with van der Waals surface area (Å²) in [6.45, 7) is 2.58. The highest BCUT2D eigenvalue weighted by molar-refractivity contribution is 5.86. The van der Waals surface area contributed by atoms with Crippen LogP contribution in [0.4, 0.5) is 0 Å². The van der Waals surface area contributed by atoms with E-state index in [0.29, 0.717) is 50.0 Å². The number of ether oxygens (including phenoxy) is 1. The molecule has 2 aromatic rings. The zero-order chi connectivity index (χ0) is 21.8. The van der Waals surface area contributed by atoms with Crippen molar-refractivity contribution in [2.45, 2.75) is 51.5 Å². The number of fused-ring (bicyclic) bond motifs is 1. The average Bonchev–Trinajstić information content (AvgIpc) is 3.60. The van der Waals surface area contributed by atoms with Gasteiger partial charge in [0, 0.05) is 30.1 Å². The Morgan fingerprint density at radius 2 is 1.84 bits per heavy atom. The molecule has 1 unspecified atom stereocenters. The number of carbonyl (C=O) groups excluding carboxylic acids is 2. The van der Waals surface area contributed by atoms with Crippen LogP contribution >= 0.6 is 0 Å². The number of benzene rings is 1. The molecule has 1 fully saturated rings.